The van der Waals surface area contributed by atoms with Gasteiger partial charge in [-0.15, -0.1) is 0 Å². The second-order valence-corrected chi connectivity index (χ2v) is 4.06. The van der Waals surface area contributed by atoms with E-state index in [1.54, 1.807) is 42.5 Å². The zero-order valence-electron chi connectivity index (χ0n) is 10.3. The molecule has 19 heavy (non-hydrogen) atoms. The van der Waals surface area contributed by atoms with Gasteiger partial charge in [-0.25, -0.2) is 0 Å². The Morgan fingerprint density at radius 1 is 1.16 bits per heavy atom. The van der Waals surface area contributed by atoms with Gasteiger partial charge in [-0.2, -0.15) is 0 Å². The highest BCUT2D eigenvalue weighted by Gasteiger charge is 2.11. The quantitative estimate of drug-likeness (QED) is 0.508. The molecule has 0 bridgehead atoms. The highest BCUT2D eigenvalue weighted by Crippen LogP contribution is 2.19. The van der Waals surface area contributed by atoms with Crippen molar-refractivity contribution in [3.05, 3.63) is 64.2 Å². The van der Waals surface area contributed by atoms with E-state index in [1.165, 1.54) is 6.07 Å². The molecule has 0 atom stereocenters. The summed E-state index contributed by atoms with van der Waals surface area (Å²) in [6.45, 7) is 0.369. The lowest BCUT2D eigenvalue weighted by Crippen LogP contribution is -2.04. The first-order valence-electron chi connectivity index (χ1n) is 5.87. The van der Waals surface area contributed by atoms with Crippen molar-refractivity contribution in [3.8, 4) is 5.75 Å². The topological polar surface area (TPSA) is 78.4 Å². The molecule has 0 unspecified atom stereocenters. The molecule has 98 valence electrons. The molecule has 0 saturated heterocycles. The Bertz CT molecular complexity index is 584. The van der Waals surface area contributed by atoms with Crippen molar-refractivity contribution in [2.45, 2.75) is 6.42 Å². The van der Waals surface area contributed by atoms with Crippen molar-refractivity contribution >= 4 is 11.4 Å². The SMILES string of the molecule is Nc1cccc(OCCc2ccccc2[N+](=O)[O-])c1. The van der Waals surface area contributed by atoms with Crippen molar-refractivity contribution < 1.29 is 9.66 Å². The monoisotopic (exact) mass is 258 g/mol. The van der Waals surface area contributed by atoms with E-state index in [2.05, 4.69) is 0 Å². The minimum absolute atomic E-state index is 0.124. The Kier molecular flexibility index (Phi) is 3.97. The van der Waals surface area contributed by atoms with Gasteiger partial charge in [0.05, 0.1) is 11.5 Å². The first-order valence-corrected chi connectivity index (χ1v) is 5.87. The summed E-state index contributed by atoms with van der Waals surface area (Å²) in [6, 6.07) is 13.8. The average molecular weight is 258 g/mol. The van der Waals surface area contributed by atoms with E-state index in [4.69, 9.17) is 10.5 Å². The van der Waals surface area contributed by atoms with Gasteiger partial charge >= 0.3 is 0 Å². The molecule has 0 spiro atoms. The van der Waals surface area contributed by atoms with Gasteiger partial charge in [-0.1, -0.05) is 24.3 Å². The Labute approximate surface area is 110 Å². The number of para-hydroxylation sites is 1. The van der Waals surface area contributed by atoms with Gasteiger partial charge in [-0.05, 0) is 12.1 Å². The summed E-state index contributed by atoms with van der Waals surface area (Å²) in [5.74, 6) is 0.665. The summed E-state index contributed by atoms with van der Waals surface area (Å²) in [6.07, 6.45) is 0.478. The zero-order valence-corrected chi connectivity index (χ0v) is 10.3. The lowest BCUT2D eigenvalue weighted by molar-refractivity contribution is -0.385. The number of nitrogens with zero attached hydrogens (tertiary/aromatic N) is 1. The number of nitro benzene ring substituents is 1. The molecule has 0 amide bonds. The van der Waals surface area contributed by atoms with Crippen molar-refractivity contribution in [2.75, 3.05) is 12.3 Å². The molecule has 0 saturated carbocycles. The fraction of sp³-hybridized carbons (Fsp3) is 0.143. The number of rotatable bonds is 5. The molecule has 0 radical (unpaired) electrons. The van der Waals surface area contributed by atoms with Crippen LogP contribution >= 0.6 is 0 Å². The molecule has 0 aromatic heterocycles. The maximum atomic E-state index is 10.8. The number of hydrogen-bond acceptors (Lipinski definition) is 4. The zero-order chi connectivity index (χ0) is 13.7. The van der Waals surface area contributed by atoms with Crippen LogP contribution in [0.15, 0.2) is 48.5 Å². The summed E-state index contributed by atoms with van der Waals surface area (Å²) in [4.78, 5) is 10.5. The van der Waals surface area contributed by atoms with Crippen LogP contribution in [0.25, 0.3) is 0 Å². The van der Waals surface area contributed by atoms with E-state index in [1.807, 2.05) is 0 Å². The number of nitrogens with two attached hydrogens (primary N) is 1. The van der Waals surface area contributed by atoms with Gasteiger partial charge in [0.1, 0.15) is 5.75 Å². The van der Waals surface area contributed by atoms with Gasteiger partial charge in [0.2, 0.25) is 0 Å². The van der Waals surface area contributed by atoms with Crippen LogP contribution in [0, 0.1) is 10.1 Å². The normalized spacial score (nSPS) is 10.1. The van der Waals surface area contributed by atoms with Crippen LogP contribution in [0.5, 0.6) is 5.75 Å². The Hall–Kier alpha value is -2.56. The van der Waals surface area contributed by atoms with Crippen LogP contribution in [0.4, 0.5) is 11.4 Å². The first kappa shape index (κ1) is 12.9. The van der Waals surface area contributed by atoms with Crippen molar-refractivity contribution in [3.63, 3.8) is 0 Å². The molecule has 0 aliphatic rings. The molecule has 0 heterocycles. The lowest BCUT2D eigenvalue weighted by Gasteiger charge is -2.07. The van der Waals surface area contributed by atoms with Crippen LogP contribution in [0.1, 0.15) is 5.56 Å². The van der Waals surface area contributed by atoms with Gasteiger partial charge in [0, 0.05) is 29.8 Å². The highest BCUT2D eigenvalue weighted by atomic mass is 16.6. The number of benzene rings is 2. The predicted molar refractivity (Wildman–Crippen MR) is 73.1 cm³/mol. The van der Waals surface area contributed by atoms with Crippen molar-refractivity contribution in [1.29, 1.82) is 0 Å². The maximum absolute atomic E-state index is 10.8. The second-order valence-electron chi connectivity index (χ2n) is 4.06. The average Bonchev–Trinajstić information content (AvgIpc) is 2.39. The second kappa shape index (κ2) is 5.86. The summed E-state index contributed by atoms with van der Waals surface area (Å²) in [5, 5.41) is 10.8. The fourth-order valence-electron chi connectivity index (χ4n) is 1.78. The van der Waals surface area contributed by atoms with Gasteiger partial charge in [-0.3, -0.25) is 10.1 Å². The first-order chi connectivity index (χ1) is 9.16. The van der Waals surface area contributed by atoms with Gasteiger partial charge < -0.3 is 10.5 Å². The number of ether oxygens (including phenoxy) is 1. The molecule has 5 heteroatoms. The third-order valence-corrected chi connectivity index (χ3v) is 2.69. The molecular weight excluding hydrogens is 244 g/mol. The molecule has 0 aliphatic heterocycles. The molecule has 5 nitrogen and oxygen atoms in total. The molecule has 2 aromatic rings. The molecule has 2 N–H and O–H groups in total. The summed E-state index contributed by atoms with van der Waals surface area (Å²) >= 11 is 0. The number of anilines is 1. The predicted octanol–water partition coefficient (Wildman–Crippen LogP) is 2.80. The lowest BCUT2D eigenvalue weighted by atomic mass is 10.1. The third-order valence-electron chi connectivity index (χ3n) is 2.69. The van der Waals surface area contributed by atoms with E-state index >= 15 is 0 Å². The van der Waals surface area contributed by atoms with E-state index in [0.29, 0.717) is 30.0 Å². The summed E-state index contributed by atoms with van der Waals surface area (Å²) in [5.41, 5.74) is 7.05. The summed E-state index contributed by atoms with van der Waals surface area (Å²) in [7, 11) is 0. The van der Waals surface area contributed by atoms with E-state index < -0.39 is 0 Å². The minimum Gasteiger partial charge on any atom is -0.493 e. The number of nitro groups is 1. The smallest absolute Gasteiger partial charge is 0.272 e. The van der Waals surface area contributed by atoms with Crippen molar-refractivity contribution in [1.82, 2.24) is 0 Å². The van der Waals surface area contributed by atoms with E-state index in [-0.39, 0.29) is 10.6 Å². The Morgan fingerprint density at radius 3 is 2.68 bits per heavy atom. The molecular formula is C14H14N2O3. The van der Waals surface area contributed by atoms with Crippen LogP contribution in [0.2, 0.25) is 0 Å². The molecule has 2 aromatic carbocycles. The van der Waals surface area contributed by atoms with E-state index in [9.17, 15) is 10.1 Å². The van der Waals surface area contributed by atoms with Crippen LogP contribution < -0.4 is 10.5 Å². The standard InChI is InChI=1S/C14H14N2O3/c15-12-5-3-6-13(10-12)19-9-8-11-4-1-2-7-14(11)16(17)18/h1-7,10H,8-9,15H2. The van der Waals surface area contributed by atoms with Gasteiger partial charge in [0.15, 0.2) is 0 Å². The largest absolute Gasteiger partial charge is 0.493 e. The Balaban J connectivity index is 1.98. The van der Waals surface area contributed by atoms with E-state index in [0.717, 1.165) is 0 Å². The molecule has 2 rings (SSSR count). The van der Waals surface area contributed by atoms with Crippen LogP contribution in [-0.4, -0.2) is 11.5 Å². The van der Waals surface area contributed by atoms with Gasteiger partial charge in [0.25, 0.3) is 5.69 Å². The number of hydrogen-bond donors (Lipinski definition) is 1. The molecule has 0 fully saturated rings. The summed E-state index contributed by atoms with van der Waals surface area (Å²) < 4.78 is 5.52. The fourth-order valence-corrected chi connectivity index (χ4v) is 1.78. The maximum Gasteiger partial charge on any atom is 0.272 e. The number of nitrogen functional groups attached to an aromatic ring is 1. The third kappa shape index (κ3) is 3.45. The van der Waals surface area contributed by atoms with Crippen LogP contribution in [0.3, 0.4) is 0 Å². The highest BCUT2D eigenvalue weighted by molar-refractivity contribution is 5.43. The molecule has 0 aliphatic carbocycles. The van der Waals surface area contributed by atoms with Crippen molar-refractivity contribution in [2.24, 2.45) is 0 Å². The van der Waals surface area contributed by atoms with Crippen LogP contribution in [-0.2, 0) is 6.42 Å². The Morgan fingerprint density at radius 2 is 1.95 bits per heavy atom. The minimum atomic E-state index is -0.379.